The maximum atomic E-state index is 12.3. The number of carbonyl (C=O) groups excluding carboxylic acids is 1. The minimum atomic E-state index is -0.435. The van der Waals surface area contributed by atoms with Crippen molar-refractivity contribution in [2.45, 2.75) is 6.61 Å². The Morgan fingerprint density at radius 3 is 2.85 bits per heavy atom. The van der Waals surface area contributed by atoms with Crippen molar-refractivity contribution >= 4 is 28.1 Å². The van der Waals surface area contributed by atoms with Crippen LogP contribution in [0.4, 0.5) is 10.8 Å². The number of rotatable bonds is 6. The van der Waals surface area contributed by atoms with E-state index in [4.69, 9.17) is 4.74 Å². The van der Waals surface area contributed by atoms with Gasteiger partial charge in [-0.3, -0.25) is 0 Å². The fraction of sp³-hybridized carbons (Fsp3) is 0.0556. The van der Waals surface area contributed by atoms with Gasteiger partial charge in [-0.05, 0) is 40.8 Å². The lowest BCUT2D eigenvalue weighted by atomic mass is 10.2. The Labute approximate surface area is 158 Å². The maximum absolute atomic E-state index is 12.3. The molecule has 8 nitrogen and oxygen atoms in total. The van der Waals surface area contributed by atoms with Crippen LogP contribution < -0.4 is 5.32 Å². The first-order valence-corrected chi connectivity index (χ1v) is 8.93. The maximum Gasteiger partial charge on any atom is 0.338 e. The van der Waals surface area contributed by atoms with Crippen LogP contribution in [0.1, 0.15) is 16.1 Å². The minimum absolute atomic E-state index is 0.0981. The monoisotopic (exact) mass is 378 g/mol. The number of anilines is 2. The second-order valence-corrected chi connectivity index (χ2v) is 6.37. The number of hydrogen-bond acceptors (Lipinski definition) is 8. The van der Waals surface area contributed by atoms with Crippen LogP contribution in [-0.2, 0) is 11.3 Å². The molecule has 0 aliphatic rings. The number of para-hydroxylation sites is 1. The van der Waals surface area contributed by atoms with Crippen molar-refractivity contribution in [2.24, 2.45) is 0 Å². The highest BCUT2D eigenvalue weighted by Crippen LogP contribution is 2.21. The van der Waals surface area contributed by atoms with Crippen LogP contribution in [0, 0.1) is 0 Å². The molecule has 0 atom stereocenters. The van der Waals surface area contributed by atoms with Gasteiger partial charge in [0.1, 0.15) is 12.9 Å². The van der Waals surface area contributed by atoms with Gasteiger partial charge >= 0.3 is 5.97 Å². The number of nitrogens with one attached hydrogen (secondary N) is 1. The normalized spacial score (nSPS) is 10.5. The predicted molar refractivity (Wildman–Crippen MR) is 100 cm³/mol. The topological polar surface area (TPSA) is 94.8 Å². The summed E-state index contributed by atoms with van der Waals surface area (Å²) in [5.74, 6) is -0.435. The van der Waals surface area contributed by atoms with Gasteiger partial charge in [-0.15, -0.1) is 16.4 Å². The number of aromatic nitrogens is 5. The molecule has 2 aromatic heterocycles. The van der Waals surface area contributed by atoms with Crippen LogP contribution in [0.25, 0.3) is 5.69 Å². The summed E-state index contributed by atoms with van der Waals surface area (Å²) in [5.41, 5.74) is 2.73. The zero-order valence-corrected chi connectivity index (χ0v) is 14.8. The van der Waals surface area contributed by atoms with E-state index in [2.05, 4.69) is 25.8 Å². The van der Waals surface area contributed by atoms with E-state index in [1.165, 1.54) is 22.3 Å². The molecule has 0 bridgehead atoms. The third kappa shape index (κ3) is 4.15. The number of benzene rings is 2. The average molecular weight is 378 g/mol. The molecule has 4 aromatic rings. The molecule has 0 radical (unpaired) electrons. The van der Waals surface area contributed by atoms with Crippen molar-refractivity contribution in [3.63, 3.8) is 0 Å². The number of nitrogens with zero attached hydrogens (tertiary/aromatic N) is 5. The molecule has 2 heterocycles. The van der Waals surface area contributed by atoms with Crippen LogP contribution in [0.15, 0.2) is 66.3 Å². The first-order chi connectivity index (χ1) is 13.3. The van der Waals surface area contributed by atoms with Crippen molar-refractivity contribution < 1.29 is 9.53 Å². The van der Waals surface area contributed by atoms with E-state index in [9.17, 15) is 4.79 Å². The van der Waals surface area contributed by atoms with Crippen LogP contribution in [0.3, 0.4) is 0 Å². The van der Waals surface area contributed by atoms with E-state index in [1.807, 2.05) is 35.7 Å². The van der Waals surface area contributed by atoms with E-state index in [0.717, 1.165) is 10.8 Å². The zero-order chi connectivity index (χ0) is 18.5. The highest BCUT2D eigenvalue weighted by atomic mass is 32.1. The van der Waals surface area contributed by atoms with E-state index in [1.54, 1.807) is 24.3 Å². The summed E-state index contributed by atoms with van der Waals surface area (Å²) < 4.78 is 6.84. The average Bonchev–Trinajstić information content (AvgIpc) is 3.39. The summed E-state index contributed by atoms with van der Waals surface area (Å²) in [4.78, 5) is 16.7. The number of carbonyl (C=O) groups is 1. The van der Waals surface area contributed by atoms with Gasteiger partial charge in [0.2, 0.25) is 0 Å². The molecule has 2 aromatic carbocycles. The second kappa shape index (κ2) is 7.75. The Morgan fingerprint density at radius 2 is 2.04 bits per heavy atom. The molecule has 0 spiro atoms. The number of thiazole rings is 1. The van der Waals surface area contributed by atoms with Crippen molar-refractivity contribution in [2.75, 3.05) is 5.32 Å². The molecular formula is C18H14N6O2S. The Bertz CT molecular complexity index is 1030. The van der Waals surface area contributed by atoms with Gasteiger partial charge in [0.05, 0.1) is 16.9 Å². The summed E-state index contributed by atoms with van der Waals surface area (Å²) in [6.45, 7) is 0.0981. The van der Waals surface area contributed by atoms with Crippen LogP contribution >= 0.6 is 11.3 Å². The van der Waals surface area contributed by atoms with Gasteiger partial charge in [0.25, 0.3) is 0 Å². The fourth-order valence-corrected chi connectivity index (χ4v) is 3.07. The smallest absolute Gasteiger partial charge is 0.338 e. The summed E-state index contributed by atoms with van der Waals surface area (Å²) in [5, 5.41) is 16.8. The van der Waals surface area contributed by atoms with Crippen LogP contribution in [-0.4, -0.2) is 31.2 Å². The van der Waals surface area contributed by atoms with E-state index in [0.29, 0.717) is 16.9 Å². The van der Waals surface area contributed by atoms with Gasteiger partial charge < -0.3 is 10.1 Å². The molecule has 27 heavy (non-hydrogen) atoms. The molecule has 1 N–H and O–H groups in total. The van der Waals surface area contributed by atoms with Crippen LogP contribution in [0.5, 0.6) is 0 Å². The van der Waals surface area contributed by atoms with Crippen molar-refractivity contribution in [3.8, 4) is 5.69 Å². The molecule has 0 unspecified atom stereocenters. The van der Waals surface area contributed by atoms with Crippen molar-refractivity contribution in [1.29, 1.82) is 0 Å². The van der Waals surface area contributed by atoms with Gasteiger partial charge in [0.15, 0.2) is 5.13 Å². The lowest BCUT2D eigenvalue weighted by Gasteiger charge is -2.05. The summed E-state index contributed by atoms with van der Waals surface area (Å²) in [7, 11) is 0. The van der Waals surface area contributed by atoms with Gasteiger partial charge in [0, 0.05) is 11.1 Å². The third-order valence-electron chi connectivity index (χ3n) is 3.62. The fourth-order valence-electron chi connectivity index (χ4n) is 2.35. The lowest BCUT2D eigenvalue weighted by molar-refractivity contribution is 0.0468. The highest BCUT2D eigenvalue weighted by Gasteiger charge is 2.11. The first kappa shape index (κ1) is 16.9. The molecule has 0 aliphatic heterocycles. The van der Waals surface area contributed by atoms with E-state index < -0.39 is 5.97 Å². The highest BCUT2D eigenvalue weighted by molar-refractivity contribution is 7.13. The second-order valence-electron chi connectivity index (χ2n) is 5.52. The van der Waals surface area contributed by atoms with Crippen molar-refractivity contribution in [1.82, 2.24) is 25.2 Å². The molecule has 0 aliphatic carbocycles. The molecule has 9 heteroatoms. The minimum Gasteiger partial charge on any atom is -0.456 e. The van der Waals surface area contributed by atoms with Crippen molar-refractivity contribution in [3.05, 3.63) is 77.6 Å². The number of esters is 1. The quantitative estimate of drug-likeness (QED) is 0.515. The lowest BCUT2D eigenvalue weighted by Crippen LogP contribution is -2.06. The zero-order valence-electron chi connectivity index (χ0n) is 14.0. The molecule has 4 rings (SSSR count). The molecule has 0 fully saturated rings. The van der Waals surface area contributed by atoms with E-state index >= 15 is 0 Å². The number of ether oxygens (including phenoxy) is 1. The summed E-state index contributed by atoms with van der Waals surface area (Å²) in [6.07, 6.45) is 1.46. The molecular weight excluding hydrogens is 364 g/mol. The first-order valence-electron chi connectivity index (χ1n) is 8.05. The molecule has 0 saturated heterocycles. The number of tetrazole rings is 1. The van der Waals surface area contributed by atoms with Crippen LogP contribution in [0.2, 0.25) is 0 Å². The Hall–Kier alpha value is -3.59. The van der Waals surface area contributed by atoms with E-state index in [-0.39, 0.29) is 6.61 Å². The molecule has 0 amide bonds. The van der Waals surface area contributed by atoms with Gasteiger partial charge in [-0.1, -0.05) is 24.3 Å². The van der Waals surface area contributed by atoms with Gasteiger partial charge in [-0.25, -0.2) is 14.5 Å². The molecule has 134 valence electrons. The summed E-state index contributed by atoms with van der Waals surface area (Å²) >= 11 is 1.45. The predicted octanol–water partition coefficient (Wildman–Crippen LogP) is 3.22. The molecule has 0 saturated carbocycles. The van der Waals surface area contributed by atoms with Gasteiger partial charge in [-0.2, -0.15) is 0 Å². The Balaban J connectivity index is 1.38. The number of hydrogen-bond donors (Lipinski definition) is 1. The summed E-state index contributed by atoms with van der Waals surface area (Å²) in [6, 6.07) is 16.7. The standard InChI is InChI=1S/C18H14N6O2S/c25-17(13-5-4-8-16(9-13)24-12-19-22-23-24)26-10-15-11-27-18(21-15)20-14-6-2-1-3-7-14/h1-9,11-12H,10H2,(H,20,21). The Kier molecular flexibility index (Phi) is 4.84. The largest absolute Gasteiger partial charge is 0.456 e. The SMILES string of the molecule is O=C(OCc1csc(Nc2ccccc2)n1)c1cccc(-n2cnnn2)c1. The Morgan fingerprint density at radius 1 is 1.15 bits per heavy atom. The third-order valence-corrected chi connectivity index (χ3v) is 4.43.